The van der Waals surface area contributed by atoms with Crippen LogP contribution < -0.4 is 15.8 Å². The summed E-state index contributed by atoms with van der Waals surface area (Å²) in [5, 5.41) is 12.6. The van der Waals surface area contributed by atoms with Crippen molar-refractivity contribution in [3.05, 3.63) is 16.3 Å². The number of carboxylic acids is 1. The third-order valence-corrected chi connectivity index (χ3v) is 9.18. The van der Waals surface area contributed by atoms with Crippen LogP contribution in [0.2, 0.25) is 0 Å². The average Bonchev–Trinajstić information content (AvgIpc) is 3.12. The van der Waals surface area contributed by atoms with Crippen molar-refractivity contribution in [1.82, 2.24) is 15.2 Å². The summed E-state index contributed by atoms with van der Waals surface area (Å²) in [5.41, 5.74) is 6.02. The lowest BCUT2D eigenvalue weighted by Crippen LogP contribution is -2.68. The number of β-lactam (4-membered cyclic amide) rings is 1. The zero-order valence-electron chi connectivity index (χ0n) is 18.6. The number of fused-ring (bicyclic) bond motifs is 1. The Labute approximate surface area is 208 Å². The summed E-state index contributed by atoms with van der Waals surface area (Å²) < 4.78 is 11.3. The molecule has 2 aliphatic rings. The van der Waals surface area contributed by atoms with Crippen LogP contribution in [0.15, 0.2) is 14.8 Å². The second kappa shape index (κ2) is 10.8. The quantitative estimate of drug-likeness (QED) is 0.317. The summed E-state index contributed by atoms with van der Waals surface area (Å²) in [6.45, 7) is 5.85. The predicted molar refractivity (Wildman–Crippen MR) is 131 cm³/mol. The Bertz CT molecular complexity index is 961. The summed E-state index contributed by atoms with van der Waals surface area (Å²) >= 11 is 5.65. The summed E-state index contributed by atoms with van der Waals surface area (Å²) in [7, 11) is 1.53. The van der Waals surface area contributed by atoms with Gasteiger partial charge in [0.25, 0.3) is 5.19 Å². The molecule has 10 nitrogen and oxygen atoms in total. The van der Waals surface area contributed by atoms with Crippen molar-refractivity contribution in [2.45, 2.75) is 47.8 Å². The topological polar surface area (TPSA) is 144 Å². The minimum absolute atomic E-state index is 0.0111. The van der Waals surface area contributed by atoms with Gasteiger partial charge in [0.15, 0.2) is 0 Å². The number of nitrogens with one attached hydrogen (secondary N) is 1. The molecule has 0 radical (unpaired) electrons. The summed E-state index contributed by atoms with van der Waals surface area (Å²) in [4.78, 5) is 42.2. The smallest absolute Gasteiger partial charge is 0.407 e. The number of amides is 2. The lowest BCUT2D eigenvalue weighted by molar-refractivity contribution is -0.147. The number of aromatic nitrogens is 1. The van der Waals surface area contributed by atoms with Gasteiger partial charge in [-0.3, -0.25) is 9.69 Å². The van der Waals surface area contributed by atoms with Crippen molar-refractivity contribution in [3.8, 4) is 5.19 Å². The number of carbonyl (C=O) groups is 3. The van der Waals surface area contributed by atoms with Crippen LogP contribution in [0.5, 0.6) is 5.19 Å². The molecule has 14 heteroatoms. The number of carbonyl (C=O) groups excluding carboxylic acids is 2. The maximum absolute atomic E-state index is 12.2. The minimum Gasteiger partial charge on any atom is -0.477 e. The molecule has 2 aliphatic heterocycles. The number of nitrogens with zero attached hydrogens (tertiary/aromatic N) is 2. The summed E-state index contributed by atoms with van der Waals surface area (Å²) in [6.07, 6.45) is -0.462. The number of rotatable bonds is 9. The van der Waals surface area contributed by atoms with Crippen molar-refractivity contribution >= 4 is 64.6 Å². The van der Waals surface area contributed by atoms with Gasteiger partial charge in [-0.2, -0.15) is 11.8 Å². The number of thioether (sulfide) groups is 3. The maximum atomic E-state index is 12.2. The molecule has 3 rings (SSSR count). The van der Waals surface area contributed by atoms with Gasteiger partial charge in [-0.15, -0.1) is 11.8 Å². The molecule has 3 heterocycles. The molecular formula is C19H26N4O6S4. The van der Waals surface area contributed by atoms with Crippen molar-refractivity contribution in [2.75, 3.05) is 25.2 Å². The predicted octanol–water partition coefficient (Wildman–Crippen LogP) is 2.54. The van der Waals surface area contributed by atoms with Gasteiger partial charge in [0, 0.05) is 28.7 Å². The van der Waals surface area contributed by atoms with E-state index in [1.54, 1.807) is 32.5 Å². The minimum atomic E-state index is -1.15. The van der Waals surface area contributed by atoms with Crippen LogP contribution in [0.4, 0.5) is 4.79 Å². The SMILES string of the molecule is COc1nc(CSCCNC(=O)OC(C)(C)C)c(SC2=C(C(=O)O)N3C(=O)[C@@H](N)[C@@H]3SC2)s1. The van der Waals surface area contributed by atoms with E-state index in [4.69, 9.17) is 15.2 Å². The molecule has 0 bridgehead atoms. The lowest BCUT2D eigenvalue weighted by atomic mass is 10.1. The Hall–Kier alpha value is -1.61. The molecule has 0 aromatic carbocycles. The highest BCUT2D eigenvalue weighted by Crippen LogP contribution is 2.47. The van der Waals surface area contributed by atoms with E-state index in [0.717, 1.165) is 9.90 Å². The van der Waals surface area contributed by atoms with Crippen molar-refractivity contribution in [3.63, 3.8) is 0 Å². The first-order valence-electron chi connectivity index (χ1n) is 9.94. The molecule has 0 unspecified atom stereocenters. The molecule has 182 valence electrons. The fourth-order valence-corrected chi connectivity index (χ4v) is 7.58. The molecule has 2 atom stereocenters. The van der Waals surface area contributed by atoms with Crippen LogP contribution in [0, 0.1) is 0 Å². The van der Waals surface area contributed by atoms with E-state index in [9.17, 15) is 19.5 Å². The fraction of sp³-hybridized carbons (Fsp3) is 0.579. The van der Waals surface area contributed by atoms with Gasteiger partial charge in [-0.25, -0.2) is 14.6 Å². The Morgan fingerprint density at radius 2 is 2.12 bits per heavy atom. The second-order valence-electron chi connectivity index (χ2n) is 8.01. The van der Waals surface area contributed by atoms with Gasteiger partial charge < -0.3 is 25.6 Å². The number of nitrogens with two attached hydrogens (primary N) is 1. The number of methoxy groups -OCH3 is 1. The Balaban J connectivity index is 1.64. The lowest BCUT2D eigenvalue weighted by Gasteiger charge is -2.47. The van der Waals surface area contributed by atoms with Crippen LogP contribution in [-0.2, 0) is 20.1 Å². The number of thiazole rings is 1. The van der Waals surface area contributed by atoms with E-state index < -0.39 is 23.7 Å². The first-order valence-corrected chi connectivity index (χ1v) is 13.8. The van der Waals surface area contributed by atoms with Gasteiger partial charge in [0.2, 0.25) is 5.91 Å². The molecule has 1 fully saturated rings. The molecular weight excluding hydrogens is 508 g/mol. The van der Waals surface area contributed by atoms with E-state index >= 15 is 0 Å². The molecule has 1 saturated heterocycles. The number of hydrogen-bond donors (Lipinski definition) is 3. The third-order valence-electron chi connectivity index (χ3n) is 4.36. The van der Waals surface area contributed by atoms with Gasteiger partial charge in [-0.1, -0.05) is 23.1 Å². The monoisotopic (exact) mass is 534 g/mol. The fourth-order valence-electron chi connectivity index (χ4n) is 2.96. The average molecular weight is 535 g/mol. The summed E-state index contributed by atoms with van der Waals surface area (Å²) in [6, 6.07) is -0.666. The highest BCUT2D eigenvalue weighted by molar-refractivity contribution is 8.07. The zero-order valence-corrected chi connectivity index (χ0v) is 21.8. The van der Waals surface area contributed by atoms with Crippen LogP contribution in [-0.4, -0.2) is 75.1 Å². The molecule has 0 saturated carbocycles. The number of aliphatic carboxylic acids is 1. The largest absolute Gasteiger partial charge is 0.477 e. The maximum Gasteiger partial charge on any atom is 0.407 e. The number of ether oxygens (including phenoxy) is 2. The van der Waals surface area contributed by atoms with Crippen LogP contribution >= 0.6 is 46.6 Å². The van der Waals surface area contributed by atoms with Gasteiger partial charge in [0.1, 0.15) is 22.7 Å². The molecule has 33 heavy (non-hydrogen) atoms. The molecule has 4 N–H and O–H groups in total. The standard InChI is InChI=1S/C19H26N4O6S4/c1-19(2,3)29-17(27)21-5-6-30-7-9-16(33-18(22-9)28-4)32-10-8-31-14-11(20)13(24)23(14)12(10)15(25)26/h11,14H,5-8,20H2,1-4H3,(H,21,27)(H,25,26)/t11-,14+/m1/s1. The van der Waals surface area contributed by atoms with Crippen LogP contribution in [0.25, 0.3) is 0 Å². The van der Waals surface area contributed by atoms with E-state index in [0.29, 0.717) is 33.9 Å². The first-order chi connectivity index (χ1) is 15.5. The Morgan fingerprint density at radius 1 is 1.39 bits per heavy atom. The number of alkyl carbamates (subject to hydrolysis) is 1. The zero-order chi connectivity index (χ0) is 24.3. The van der Waals surface area contributed by atoms with E-state index in [1.165, 1.54) is 46.9 Å². The van der Waals surface area contributed by atoms with E-state index in [1.807, 2.05) is 0 Å². The Morgan fingerprint density at radius 3 is 2.76 bits per heavy atom. The van der Waals surface area contributed by atoms with Crippen molar-refractivity contribution < 1.29 is 29.0 Å². The molecule has 0 spiro atoms. The molecule has 2 amide bonds. The van der Waals surface area contributed by atoms with Gasteiger partial charge >= 0.3 is 12.1 Å². The van der Waals surface area contributed by atoms with Crippen LogP contribution in [0.1, 0.15) is 26.5 Å². The summed E-state index contributed by atoms with van der Waals surface area (Å²) in [5.74, 6) is 0.115. The third kappa shape index (κ3) is 6.29. The highest BCUT2D eigenvalue weighted by atomic mass is 32.2. The highest BCUT2D eigenvalue weighted by Gasteiger charge is 2.52. The van der Waals surface area contributed by atoms with Crippen molar-refractivity contribution in [2.24, 2.45) is 5.73 Å². The number of carboxylic acid groups (broad SMARTS) is 1. The van der Waals surface area contributed by atoms with E-state index in [2.05, 4.69) is 10.3 Å². The van der Waals surface area contributed by atoms with Crippen LogP contribution in [0.3, 0.4) is 0 Å². The normalized spacial score (nSPS) is 20.3. The second-order valence-corrected chi connectivity index (χ2v) is 12.5. The number of hydrogen-bond acceptors (Lipinski definition) is 11. The molecule has 0 aliphatic carbocycles. The molecule has 1 aromatic rings. The van der Waals surface area contributed by atoms with Gasteiger partial charge in [0.05, 0.1) is 17.0 Å². The molecule has 1 aromatic heterocycles. The Kier molecular flexibility index (Phi) is 8.48. The van der Waals surface area contributed by atoms with Gasteiger partial charge in [-0.05, 0) is 20.8 Å². The van der Waals surface area contributed by atoms with E-state index in [-0.39, 0.29) is 17.0 Å². The first kappa shape index (κ1) is 26.0. The van der Waals surface area contributed by atoms with Crippen molar-refractivity contribution in [1.29, 1.82) is 0 Å².